The Hall–Kier alpha value is -0.380. The Morgan fingerprint density at radius 2 is 2.33 bits per heavy atom. The molecule has 0 radical (unpaired) electrons. The molecule has 4 heteroatoms. The van der Waals surface area contributed by atoms with E-state index in [1.54, 1.807) is 0 Å². The van der Waals surface area contributed by atoms with Crippen LogP contribution in [-0.4, -0.2) is 21.1 Å². The first-order valence-electron chi connectivity index (χ1n) is 4.31. The van der Waals surface area contributed by atoms with Crippen LogP contribution in [0.4, 0.5) is 0 Å². The quantitative estimate of drug-likeness (QED) is 0.684. The summed E-state index contributed by atoms with van der Waals surface area (Å²) in [6.07, 6.45) is 2.31. The van der Waals surface area contributed by atoms with Gasteiger partial charge in [0.25, 0.3) is 0 Å². The third-order valence-electron chi connectivity index (χ3n) is 2.44. The molecule has 70 valence electrons. The van der Waals surface area contributed by atoms with Crippen molar-refractivity contribution in [2.75, 3.05) is 5.75 Å². The molecule has 1 amide bonds. The molecule has 0 aromatic heterocycles. The van der Waals surface area contributed by atoms with E-state index in [2.05, 4.69) is 0 Å². The summed E-state index contributed by atoms with van der Waals surface area (Å²) in [7, 11) is -0.723. The molecule has 1 heterocycles. The molecule has 3 atom stereocenters. The third-order valence-corrected chi connectivity index (χ3v) is 4.35. The molecular weight excluding hydrogens is 174 g/mol. The lowest BCUT2D eigenvalue weighted by molar-refractivity contribution is -0.122. The van der Waals surface area contributed by atoms with Crippen LogP contribution in [0.15, 0.2) is 0 Å². The van der Waals surface area contributed by atoms with Gasteiger partial charge in [-0.25, -0.2) is 0 Å². The SMILES string of the molecule is CCC1CC(C(N)=O)CCS1=O. The summed E-state index contributed by atoms with van der Waals surface area (Å²) in [6, 6.07) is 0. The topological polar surface area (TPSA) is 60.2 Å². The second-order valence-electron chi connectivity index (χ2n) is 3.24. The summed E-state index contributed by atoms with van der Waals surface area (Å²) >= 11 is 0. The highest BCUT2D eigenvalue weighted by Crippen LogP contribution is 2.23. The predicted molar refractivity (Wildman–Crippen MR) is 49.0 cm³/mol. The molecule has 3 unspecified atom stereocenters. The lowest BCUT2D eigenvalue weighted by Crippen LogP contribution is -2.35. The van der Waals surface area contributed by atoms with E-state index in [-0.39, 0.29) is 17.1 Å². The largest absolute Gasteiger partial charge is 0.369 e. The Balaban J connectivity index is 2.55. The van der Waals surface area contributed by atoms with Crippen molar-refractivity contribution in [1.29, 1.82) is 0 Å². The molecule has 0 spiro atoms. The van der Waals surface area contributed by atoms with Crippen LogP contribution in [0.5, 0.6) is 0 Å². The molecular formula is C8H15NO2S. The molecule has 0 aromatic rings. The van der Waals surface area contributed by atoms with Crippen molar-refractivity contribution in [3.05, 3.63) is 0 Å². The van der Waals surface area contributed by atoms with E-state index < -0.39 is 10.8 Å². The summed E-state index contributed by atoms with van der Waals surface area (Å²) in [5.41, 5.74) is 5.19. The van der Waals surface area contributed by atoms with Gasteiger partial charge in [-0.3, -0.25) is 9.00 Å². The number of amides is 1. The highest BCUT2D eigenvalue weighted by Gasteiger charge is 2.29. The molecule has 1 fully saturated rings. The molecule has 0 bridgehead atoms. The molecule has 1 saturated heterocycles. The van der Waals surface area contributed by atoms with Crippen LogP contribution in [0.2, 0.25) is 0 Å². The molecule has 1 rings (SSSR count). The van der Waals surface area contributed by atoms with Crippen molar-refractivity contribution < 1.29 is 9.00 Å². The molecule has 3 nitrogen and oxygen atoms in total. The molecule has 1 aliphatic heterocycles. The van der Waals surface area contributed by atoms with Crippen LogP contribution in [-0.2, 0) is 15.6 Å². The fourth-order valence-electron chi connectivity index (χ4n) is 1.58. The van der Waals surface area contributed by atoms with Gasteiger partial charge in [0, 0.05) is 27.7 Å². The average molecular weight is 189 g/mol. The minimum Gasteiger partial charge on any atom is -0.369 e. The zero-order valence-electron chi connectivity index (χ0n) is 7.29. The summed E-state index contributed by atoms with van der Waals surface area (Å²) in [4.78, 5) is 10.8. The van der Waals surface area contributed by atoms with Crippen LogP contribution < -0.4 is 5.73 Å². The number of nitrogens with two attached hydrogens (primary N) is 1. The monoisotopic (exact) mass is 189 g/mol. The molecule has 1 aliphatic rings. The Bertz CT molecular complexity index is 205. The van der Waals surface area contributed by atoms with E-state index in [4.69, 9.17) is 5.73 Å². The molecule has 0 aliphatic carbocycles. The Morgan fingerprint density at radius 1 is 1.67 bits per heavy atom. The maximum atomic E-state index is 11.4. The Morgan fingerprint density at radius 3 is 2.83 bits per heavy atom. The van der Waals surface area contributed by atoms with Gasteiger partial charge in [-0.15, -0.1) is 0 Å². The van der Waals surface area contributed by atoms with Crippen molar-refractivity contribution in [3.8, 4) is 0 Å². The van der Waals surface area contributed by atoms with Gasteiger partial charge in [-0.05, 0) is 19.3 Å². The molecule has 2 N–H and O–H groups in total. The second kappa shape index (κ2) is 4.03. The van der Waals surface area contributed by atoms with Crippen molar-refractivity contribution in [2.45, 2.75) is 31.4 Å². The first-order valence-corrected chi connectivity index (χ1v) is 5.69. The van der Waals surface area contributed by atoms with E-state index in [0.29, 0.717) is 12.2 Å². The lowest BCUT2D eigenvalue weighted by atomic mass is 9.98. The minimum absolute atomic E-state index is 0.0346. The highest BCUT2D eigenvalue weighted by atomic mass is 32.2. The smallest absolute Gasteiger partial charge is 0.220 e. The van der Waals surface area contributed by atoms with E-state index in [1.165, 1.54) is 0 Å². The molecule has 12 heavy (non-hydrogen) atoms. The van der Waals surface area contributed by atoms with Gasteiger partial charge in [0.1, 0.15) is 0 Å². The first-order chi connectivity index (χ1) is 5.65. The van der Waals surface area contributed by atoms with Crippen LogP contribution in [0.25, 0.3) is 0 Å². The number of carbonyl (C=O) groups excluding carboxylic acids is 1. The fraction of sp³-hybridized carbons (Fsp3) is 0.875. The van der Waals surface area contributed by atoms with Crippen LogP contribution in [0.1, 0.15) is 26.2 Å². The molecule has 0 saturated carbocycles. The standard InChI is InChI=1S/C8H15NO2S/c1-2-7-5-6(8(9)10)3-4-12(7)11/h6-7H,2-5H2,1H3,(H2,9,10). The van der Waals surface area contributed by atoms with Gasteiger partial charge in [0.2, 0.25) is 5.91 Å². The zero-order valence-corrected chi connectivity index (χ0v) is 8.10. The highest BCUT2D eigenvalue weighted by molar-refractivity contribution is 7.85. The maximum absolute atomic E-state index is 11.4. The van der Waals surface area contributed by atoms with Crippen LogP contribution >= 0.6 is 0 Å². The van der Waals surface area contributed by atoms with Gasteiger partial charge in [-0.1, -0.05) is 6.92 Å². The fourth-order valence-corrected chi connectivity index (χ4v) is 3.25. The van der Waals surface area contributed by atoms with Crippen LogP contribution in [0.3, 0.4) is 0 Å². The van der Waals surface area contributed by atoms with Crippen LogP contribution in [0, 0.1) is 5.92 Å². The predicted octanol–water partition coefficient (Wildman–Crippen LogP) is 0.409. The van der Waals surface area contributed by atoms with E-state index in [1.807, 2.05) is 6.92 Å². The first kappa shape index (κ1) is 9.71. The van der Waals surface area contributed by atoms with E-state index in [0.717, 1.165) is 12.8 Å². The van der Waals surface area contributed by atoms with Gasteiger partial charge in [0.15, 0.2) is 0 Å². The van der Waals surface area contributed by atoms with Gasteiger partial charge < -0.3 is 5.73 Å². The maximum Gasteiger partial charge on any atom is 0.220 e. The van der Waals surface area contributed by atoms with Gasteiger partial charge in [0.05, 0.1) is 0 Å². The summed E-state index contributed by atoms with van der Waals surface area (Å²) in [5.74, 6) is 0.379. The Kier molecular flexibility index (Phi) is 3.26. The summed E-state index contributed by atoms with van der Waals surface area (Å²) in [5, 5.41) is 0.191. The minimum atomic E-state index is -0.723. The van der Waals surface area contributed by atoms with Crippen molar-refractivity contribution >= 4 is 16.7 Å². The van der Waals surface area contributed by atoms with E-state index >= 15 is 0 Å². The molecule has 0 aromatic carbocycles. The van der Waals surface area contributed by atoms with Crippen molar-refractivity contribution in [1.82, 2.24) is 0 Å². The van der Waals surface area contributed by atoms with Crippen molar-refractivity contribution in [3.63, 3.8) is 0 Å². The normalized spacial score (nSPS) is 36.2. The zero-order chi connectivity index (χ0) is 9.14. The third kappa shape index (κ3) is 2.06. The van der Waals surface area contributed by atoms with Crippen molar-refractivity contribution in [2.24, 2.45) is 11.7 Å². The Labute approximate surface area is 75.2 Å². The number of rotatable bonds is 2. The second-order valence-corrected chi connectivity index (χ2v) is 5.08. The van der Waals surface area contributed by atoms with Gasteiger partial charge in [-0.2, -0.15) is 0 Å². The summed E-state index contributed by atoms with van der Waals surface area (Å²) < 4.78 is 11.4. The van der Waals surface area contributed by atoms with Gasteiger partial charge >= 0.3 is 0 Å². The number of primary amides is 1. The number of hydrogen-bond acceptors (Lipinski definition) is 2. The lowest BCUT2D eigenvalue weighted by Gasteiger charge is -2.25. The number of hydrogen-bond donors (Lipinski definition) is 1. The average Bonchev–Trinajstić information content (AvgIpc) is 2.05. The summed E-state index contributed by atoms with van der Waals surface area (Å²) in [6.45, 7) is 2.01. The van der Waals surface area contributed by atoms with E-state index in [9.17, 15) is 9.00 Å². The number of carbonyl (C=O) groups is 1.